The number of halogens is 1. The maximum Gasteiger partial charge on any atom is 0.224 e. The minimum atomic E-state index is -0.187. The number of carbonyl (C=O) groups is 1. The van der Waals surface area contributed by atoms with Gasteiger partial charge in [0.15, 0.2) is 5.78 Å². The van der Waals surface area contributed by atoms with Crippen molar-refractivity contribution in [2.45, 2.75) is 6.92 Å². The van der Waals surface area contributed by atoms with E-state index in [0.717, 1.165) is 10.0 Å². The Hall–Kier alpha value is -1.16. The number of hydrogen-bond acceptors (Lipinski definition) is 3. The molecule has 1 rings (SSSR count). The van der Waals surface area contributed by atoms with Crippen molar-refractivity contribution in [2.75, 3.05) is 7.11 Å². The van der Waals surface area contributed by atoms with E-state index < -0.39 is 0 Å². The number of ether oxygens (including phenoxy) is 1. The number of aromatic nitrogens is 1. The van der Waals surface area contributed by atoms with Gasteiger partial charge in [-0.1, -0.05) is 6.58 Å². The Morgan fingerprint density at radius 1 is 1.71 bits per heavy atom. The molecule has 0 unspecified atom stereocenters. The van der Waals surface area contributed by atoms with Crippen molar-refractivity contribution >= 4 is 21.7 Å². The summed E-state index contributed by atoms with van der Waals surface area (Å²) in [5.74, 6) is 0.142. The molecule has 14 heavy (non-hydrogen) atoms. The summed E-state index contributed by atoms with van der Waals surface area (Å²) in [7, 11) is 1.48. The molecule has 0 aliphatic carbocycles. The van der Waals surface area contributed by atoms with Crippen molar-refractivity contribution in [3.05, 3.63) is 34.5 Å². The van der Waals surface area contributed by atoms with Crippen molar-refractivity contribution in [1.29, 1.82) is 0 Å². The number of hydrogen-bond donors (Lipinski definition) is 0. The number of methoxy groups -OCH3 is 1. The minimum absolute atomic E-state index is 0.187. The lowest BCUT2D eigenvalue weighted by atomic mass is 10.1. The van der Waals surface area contributed by atoms with Crippen LogP contribution >= 0.6 is 15.9 Å². The van der Waals surface area contributed by atoms with Gasteiger partial charge in [-0.05, 0) is 34.5 Å². The zero-order valence-electron chi connectivity index (χ0n) is 8.00. The van der Waals surface area contributed by atoms with Gasteiger partial charge in [-0.3, -0.25) is 4.79 Å². The van der Waals surface area contributed by atoms with Gasteiger partial charge in [0.1, 0.15) is 0 Å². The molecule has 0 radical (unpaired) electrons. The standard InChI is InChI=1S/C10H10BrNO2/c1-4-8(13)9-6(2)7(11)5-12-10(9)14-3/h4-5H,1H2,2-3H3. The fraction of sp³-hybridized carbons (Fsp3) is 0.200. The summed E-state index contributed by atoms with van der Waals surface area (Å²) >= 11 is 3.30. The van der Waals surface area contributed by atoms with E-state index in [-0.39, 0.29) is 5.78 Å². The van der Waals surface area contributed by atoms with E-state index in [1.54, 1.807) is 6.20 Å². The number of ketones is 1. The average molecular weight is 256 g/mol. The maximum absolute atomic E-state index is 11.5. The van der Waals surface area contributed by atoms with Crippen molar-refractivity contribution in [3.63, 3.8) is 0 Å². The van der Waals surface area contributed by atoms with Crippen LogP contribution in [-0.4, -0.2) is 17.9 Å². The average Bonchev–Trinajstić information content (AvgIpc) is 2.20. The van der Waals surface area contributed by atoms with E-state index in [4.69, 9.17) is 4.74 Å². The third-order valence-electron chi connectivity index (χ3n) is 1.87. The van der Waals surface area contributed by atoms with Crippen molar-refractivity contribution in [3.8, 4) is 5.88 Å². The molecule has 0 aromatic carbocycles. The van der Waals surface area contributed by atoms with Gasteiger partial charge >= 0.3 is 0 Å². The molecule has 1 aromatic rings. The molecule has 0 amide bonds. The Morgan fingerprint density at radius 3 is 2.86 bits per heavy atom. The van der Waals surface area contributed by atoms with Gasteiger partial charge in [-0.15, -0.1) is 0 Å². The van der Waals surface area contributed by atoms with Crippen LogP contribution in [0.5, 0.6) is 5.88 Å². The second-order valence-corrected chi connectivity index (χ2v) is 3.54. The highest BCUT2D eigenvalue weighted by atomic mass is 79.9. The van der Waals surface area contributed by atoms with Gasteiger partial charge in [-0.2, -0.15) is 0 Å². The molecular formula is C10H10BrNO2. The lowest BCUT2D eigenvalue weighted by Gasteiger charge is -2.08. The third kappa shape index (κ3) is 1.85. The first-order valence-electron chi connectivity index (χ1n) is 3.97. The highest BCUT2D eigenvalue weighted by Crippen LogP contribution is 2.26. The Kier molecular flexibility index (Phi) is 3.41. The van der Waals surface area contributed by atoms with Gasteiger partial charge in [0.2, 0.25) is 5.88 Å². The molecule has 0 saturated carbocycles. The van der Waals surface area contributed by atoms with Crippen LogP contribution in [0.1, 0.15) is 15.9 Å². The van der Waals surface area contributed by atoms with Crippen LogP contribution in [0.25, 0.3) is 0 Å². The van der Waals surface area contributed by atoms with Crippen LogP contribution in [0.2, 0.25) is 0 Å². The summed E-state index contributed by atoms with van der Waals surface area (Å²) in [4.78, 5) is 15.5. The summed E-state index contributed by atoms with van der Waals surface area (Å²) in [6.07, 6.45) is 2.85. The molecule has 1 heterocycles. The Labute approximate surface area is 90.9 Å². The fourth-order valence-corrected chi connectivity index (χ4v) is 1.40. The predicted octanol–water partition coefficient (Wildman–Crippen LogP) is 2.53. The predicted molar refractivity (Wildman–Crippen MR) is 57.8 cm³/mol. The van der Waals surface area contributed by atoms with E-state index in [1.165, 1.54) is 13.2 Å². The molecule has 0 N–H and O–H groups in total. The van der Waals surface area contributed by atoms with Crippen LogP contribution in [-0.2, 0) is 0 Å². The molecule has 0 spiro atoms. The lowest BCUT2D eigenvalue weighted by Crippen LogP contribution is -2.04. The Bertz CT molecular complexity index is 388. The summed E-state index contributed by atoms with van der Waals surface area (Å²) in [6, 6.07) is 0. The molecule has 74 valence electrons. The summed E-state index contributed by atoms with van der Waals surface area (Å²) in [5.41, 5.74) is 1.26. The topological polar surface area (TPSA) is 39.2 Å². The monoisotopic (exact) mass is 255 g/mol. The number of allylic oxidation sites excluding steroid dienone is 1. The number of pyridine rings is 1. The van der Waals surface area contributed by atoms with E-state index >= 15 is 0 Å². The zero-order chi connectivity index (χ0) is 10.7. The highest BCUT2D eigenvalue weighted by Gasteiger charge is 2.15. The molecule has 0 fully saturated rings. The van der Waals surface area contributed by atoms with Gasteiger partial charge < -0.3 is 4.74 Å². The summed E-state index contributed by atoms with van der Waals surface area (Å²) in [6.45, 7) is 5.26. The molecule has 0 saturated heterocycles. The molecule has 0 bridgehead atoms. The van der Waals surface area contributed by atoms with E-state index in [9.17, 15) is 4.79 Å². The quantitative estimate of drug-likeness (QED) is 0.616. The second kappa shape index (κ2) is 4.37. The van der Waals surface area contributed by atoms with E-state index in [0.29, 0.717) is 11.4 Å². The first kappa shape index (κ1) is 10.9. The normalized spacial score (nSPS) is 9.64. The third-order valence-corrected chi connectivity index (χ3v) is 2.67. The van der Waals surface area contributed by atoms with Gasteiger partial charge in [-0.25, -0.2) is 4.98 Å². The SMILES string of the molecule is C=CC(=O)c1c(OC)ncc(Br)c1C. The number of rotatable bonds is 3. The van der Waals surface area contributed by atoms with Crippen LogP contribution in [0.3, 0.4) is 0 Å². The van der Waals surface area contributed by atoms with Crippen molar-refractivity contribution in [2.24, 2.45) is 0 Å². The van der Waals surface area contributed by atoms with Crippen LogP contribution in [0.4, 0.5) is 0 Å². The second-order valence-electron chi connectivity index (χ2n) is 2.68. The van der Waals surface area contributed by atoms with E-state index in [2.05, 4.69) is 27.5 Å². The number of carbonyl (C=O) groups excluding carboxylic acids is 1. The molecule has 1 aromatic heterocycles. The van der Waals surface area contributed by atoms with Crippen molar-refractivity contribution in [1.82, 2.24) is 4.98 Å². The van der Waals surface area contributed by atoms with Crippen LogP contribution < -0.4 is 4.74 Å². The molecule has 0 atom stereocenters. The fourth-order valence-electron chi connectivity index (χ4n) is 1.10. The molecular weight excluding hydrogens is 246 g/mol. The minimum Gasteiger partial charge on any atom is -0.480 e. The maximum atomic E-state index is 11.5. The van der Waals surface area contributed by atoms with Crippen LogP contribution in [0, 0.1) is 6.92 Å². The van der Waals surface area contributed by atoms with Gasteiger partial charge in [0.25, 0.3) is 0 Å². The molecule has 0 aliphatic rings. The Balaban J connectivity index is 3.42. The van der Waals surface area contributed by atoms with Gasteiger partial charge in [0, 0.05) is 10.7 Å². The first-order valence-corrected chi connectivity index (χ1v) is 4.77. The highest BCUT2D eigenvalue weighted by molar-refractivity contribution is 9.10. The summed E-state index contributed by atoms with van der Waals surface area (Å²) < 4.78 is 5.78. The molecule has 3 nitrogen and oxygen atoms in total. The zero-order valence-corrected chi connectivity index (χ0v) is 9.59. The van der Waals surface area contributed by atoms with Crippen molar-refractivity contribution < 1.29 is 9.53 Å². The summed E-state index contributed by atoms with van der Waals surface area (Å²) in [5, 5.41) is 0. The number of nitrogens with zero attached hydrogens (tertiary/aromatic N) is 1. The van der Waals surface area contributed by atoms with E-state index in [1.807, 2.05) is 6.92 Å². The van der Waals surface area contributed by atoms with Gasteiger partial charge in [0.05, 0.1) is 12.7 Å². The Morgan fingerprint density at radius 2 is 2.36 bits per heavy atom. The first-order chi connectivity index (χ1) is 6.61. The largest absolute Gasteiger partial charge is 0.480 e. The van der Waals surface area contributed by atoms with Crippen LogP contribution in [0.15, 0.2) is 23.3 Å². The molecule has 4 heteroatoms. The molecule has 0 aliphatic heterocycles. The lowest BCUT2D eigenvalue weighted by molar-refractivity contribution is 0.104. The smallest absolute Gasteiger partial charge is 0.224 e.